The van der Waals surface area contributed by atoms with E-state index in [0.29, 0.717) is 25.7 Å². The van der Waals surface area contributed by atoms with Gasteiger partial charge in [-0.2, -0.15) is 0 Å². The van der Waals surface area contributed by atoms with Gasteiger partial charge in [-0.3, -0.25) is 9.79 Å². The van der Waals surface area contributed by atoms with Crippen molar-refractivity contribution in [3.8, 4) is 5.75 Å². The fraction of sp³-hybridized carbons (Fsp3) is 0.440. The molecule has 0 aromatic heterocycles. The van der Waals surface area contributed by atoms with Crippen molar-refractivity contribution >= 4 is 17.6 Å². The van der Waals surface area contributed by atoms with Gasteiger partial charge in [0, 0.05) is 38.0 Å². The lowest BCUT2D eigenvalue weighted by atomic mass is 10.1. The molecule has 7 heteroatoms. The summed E-state index contributed by atoms with van der Waals surface area (Å²) in [6, 6.07) is 15.8. The molecule has 3 rings (SSSR count). The Morgan fingerprint density at radius 1 is 1.12 bits per heavy atom. The second-order valence-electron chi connectivity index (χ2n) is 8.79. The average molecular weight is 439 g/mol. The second-order valence-corrected chi connectivity index (χ2v) is 8.79. The molecular weight excluding hydrogens is 404 g/mol. The predicted octanol–water partition coefficient (Wildman–Crippen LogP) is 3.85. The zero-order valence-electron chi connectivity index (χ0n) is 19.4. The molecule has 0 bridgehead atoms. The predicted molar refractivity (Wildman–Crippen MR) is 128 cm³/mol. The molecule has 1 unspecified atom stereocenters. The Morgan fingerprint density at radius 2 is 1.91 bits per heavy atom. The Morgan fingerprint density at radius 3 is 2.62 bits per heavy atom. The zero-order valence-corrected chi connectivity index (χ0v) is 19.4. The lowest BCUT2D eigenvalue weighted by Crippen LogP contribution is -2.36. The van der Waals surface area contributed by atoms with Gasteiger partial charge in [0.25, 0.3) is 5.91 Å². The van der Waals surface area contributed by atoms with Crippen LogP contribution >= 0.6 is 0 Å². The van der Waals surface area contributed by atoms with Gasteiger partial charge >= 0.3 is 0 Å². The molecule has 0 radical (unpaired) electrons. The standard InChI is InChI=1S/C25H34N4O3/c1-25(2,3)32-21-12-6-5-10-19(21)17-28-24(26-4)27-16-18-9-7-11-20(15-18)29-23(30)22-13-8-14-31-22/h5-7,9-12,15,22H,8,13-14,16-17H2,1-4H3,(H,29,30)(H2,26,27,28). The molecule has 7 nitrogen and oxygen atoms in total. The number of hydrogen-bond donors (Lipinski definition) is 3. The van der Waals surface area contributed by atoms with Crippen molar-refractivity contribution in [2.45, 2.75) is 58.4 Å². The molecule has 1 aliphatic rings. The SMILES string of the molecule is CN=C(NCc1cccc(NC(=O)C2CCCO2)c1)NCc1ccccc1OC(C)(C)C. The fourth-order valence-electron chi connectivity index (χ4n) is 3.43. The molecule has 1 amide bonds. The van der Waals surface area contributed by atoms with Gasteiger partial charge in [0.1, 0.15) is 17.5 Å². The van der Waals surface area contributed by atoms with Crippen LogP contribution in [-0.2, 0) is 22.6 Å². The first-order chi connectivity index (χ1) is 15.3. The molecule has 1 saturated heterocycles. The Balaban J connectivity index is 1.53. The van der Waals surface area contributed by atoms with E-state index < -0.39 is 0 Å². The normalized spacial score (nSPS) is 16.5. The van der Waals surface area contributed by atoms with E-state index in [0.717, 1.165) is 35.4 Å². The Labute approximate surface area is 190 Å². The van der Waals surface area contributed by atoms with Gasteiger partial charge in [-0.05, 0) is 57.4 Å². The van der Waals surface area contributed by atoms with Crippen LogP contribution in [-0.4, -0.2) is 37.2 Å². The maximum absolute atomic E-state index is 12.3. The monoisotopic (exact) mass is 438 g/mol. The van der Waals surface area contributed by atoms with Gasteiger partial charge in [0.15, 0.2) is 5.96 Å². The van der Waals surface area contributed by atoms with Gasteiger partial charge in [-0.1, -0.05) is 30.3 Å². The van der Waals surface area contributed by atoms with Crippen LogP contribution in [0.2, 0.25) is 0 Å². The number of nitrogens with zero attached hydrogens (tertiary/aromatic N) is 1. The summed E-state index contributed by atoms with van der Waals surface area (Å²) in [5.41, 5.74) is 2.60. The van der Waals surface area contributed by atoms with Crippen molar-refractivity contribution in [1.82, 2.24) is 10.6 Å². The first-order valence-corrected chi connectivity index (χ1v) is 11.1. The Kier molecular flexibility index (Phi) is 8.11. The minimum Gasteiger partial charge on any atom is -0.488 e. The highest BCUT2D eigenvalue weighted by atomic mass is 16.5. The summed E-state index contributed by atoms with van der Waals surface area (Å²) in [6.07, 6.45) is 1.37. The molecule has 172 valence electrons. The summed E-state index contributed by atoms with van der Waals surface area (Å²) in [4.78, 5) is 16.6. The van der Waals surface area contributed by atoms with E-state index in [4.69, 9.17) is 9.47 Å². The summed E-state index contributed by atoms with van der Waals surface area (Å²) in [7, 11) is 1.74. The van der Waals surface area contributed by atoms with Crippen molar-refractivity contribution in [3.05, 3.63) is 59.7 Å². The van der Waals surface area contributed by atoms with Crippen LogP contribution in [0, 0.1) is 0 Å². The van der Waals surface area contributed by atoms with Crippen LogP contribution in [0.25, 0.3) is 0 Å². The van der Waals surface area contributed by atoms with E-state index in [1.165, 1.54) is 0 Å². The highest BCUT2D eigenvalue weighted by Crippen LogP contribution is 2.23. The smallest absolute Gasteiger partial charge is 0.253 e. The van der Waals surface area contributed by atoms with E-state index in [9.17, 15) is 4.79 Å². The number of guanidine groups is 1. The summed E-state index contributed by atoms with van der Waals surface area (Å²) in [6.45, 7) is 7.92. The molecule has 1 heterocycles. The topological polar surface area (TPSA) is 84.0 Å². The summed E-state index contributed by atoms with van der Waals surface area (Å²) < 4.78 is 11.5. The molecule has 1 fully saturated rings. The quantitative estimate of drug-likeness (QED) is 0.452. The average Bonchev–Trinajstić information content (AvgIpc) is 3.29. The van der Waals surface area contributed by atoms with E-state index in [-0.39, 0.29) is 17.6 Å². The van der Waals surface area contributed by atoms with Crippen molar-refractivity contribution in [3.63, 3.8) is 0 Å². The lowest BCUT2D eigenvalue weighted by molar-refractivity contribution is -0.124. The highest BCUT2D eigenvalue weighted by molar-refractivity contribution is 5.94. The molecule has 1 aliphatic heterocycles. The number of ether oxygens (including phenoxy) is 2. The number of carbonyl (C=O) groups excluding carboxylic acids is 1. The van der Waals surface area contributed by atoms with Gasteiger partial charge in [-0.25, -0.2) is 0 Å². The van der Waals surface area contributed by atoms with Crippen molar-refractivity contribution in [2.24, 2.45) is 4.99 Å². The fourth-order valence-corrected chi connectivity index (χ4v) is 3.43. The van der Waals surface area contributed by atoms with Gasteiger partial charge in [0.05, 0.1) is 0 Å². The number of amides is 1. The third-order valence-corrected chi connectivity index (χ3v) is 4.94. The number of nitrogens with one attached hydrogen (secondary N) is 3. The minimum atomic E-state index is -0.343. The zero-order chi connectivity index (χ0) is 23.0. The van der Waals surface area contributed by atoms with Crippen LogP contribution in [0.15, 0.2) is 53.5 Å². The minimum absolute atomic E-state index is 0.0822. The first kappa shape index (κ1) is 23.6. The molecule has 2 aromatic rings. The van der Waals surface area contributed by atoms with Crippen molar-refractivity contribution < 1.29 is 14.3 Å². The Bertz CT molecular complexity index is 931. The molecular formula is C25H34N4O3. The number of aliphatic imine (C=N–C) groups is 1. The maximum Gasteiger partial charge on any atom is 0.253 e. The summed E-state index contributed by atoms with van der Waals surface area (Å²) in [5.74, 6) is 1.46. The van der Waals surface area contributed by atoms with Crippen molar-refractivity contribution in [2.75, 3.05) is 19.0 Å². The van der Waals surface area contributed by atoms with E-state index in [1.807, 2.05) is 69.3 Å². The van der Waals surface area contributed by atoms with E-state index in [2.05, 4.69) is 20.9 Å². The van der Waals surface area contributed by atoms with Crippen LogP contribution < -0.4 is 20.7 Å². The molecule has 1 atom stereocenters. The number of para-hydroxylation sites is 1. The van der Waals surface area contributed by atoms with Crippen LogP contribution in [0.4, 0.5) is 5.69 Å². The molecule has 0 saturated carbocycles. The maximum atomic E-state index is 12.3. The summed E-state index contributed by atoms with van der Waals surface area (Å²) >= 11 is 0. The van der Waals surface area contributed by atoms with Crippen LogP contribution in [0.1, 0.15) is 44.7 Å². The first-order valence-electron chi connectivity index (χ1n) is 11.1. The molecule has 3 N–H and O–H groups in total. The third kappa shape index (κ3) is 7.27. The van der Waals surface area contributed by atoms with Gasteiger partial charge in [0.2, 0.25) is 0 Å². The van der Waals surface area contributed by atoms with Crippen molar-refractivity contribution in [1.29, 1.82) is 0 Å². The van der Waals surface area contributed by atoms with Gasteiger partial charge < -0.3 is 25.4 Å². The van der Waals surface area contributed by atoms with Gasteiger partial charge in [-0.15, -0.1) is 0 Å². The Hall–Kier alpha value is -3.06. The van der Waals surface area contributed by atoms with Crippen LogP contribution in [0.3, 0.4) is 0 Å². The molecule has 0 aliphatic carbocycles. The number of rotatable bonds is 7. The lowest BCUT2D eigenvalue weighted by Gasteiger charge is -2.23. The number of carbonyl (C=O) groups is 1. The largest absolute Gasteiger partial charge is 0.488 e. The second kappa shape index (κ2) is 11.0. The summed E-state index contributed by atoms with van der Waals surface area (Å²) in [5, 5.41) is 9.60. The van der Waals surface area contributed by atoms with Crippen LogP contribution in [0.5, 0.6) is 5.75 Å². The van der Waals surface area contributed by atoms with E-state index >= 15 is 0 Å². The molecule has 32 heavy (non-hydrogen) atoms. The molecule has 0 spiro atoms. The third-order valence-electron chi connectivity index (χ3n) is 4.94. The van der Waals surface area contributed by atoms with E-state index in [1.54, 1.807) is 7.05 Å². The number of hydrogen-bond acceptors (Lipinski definition) is 4. The number of benzene rings is 2. The molecule has 2 aromatic carbocycles. The number of anilines is 1. The highest BCUT2D eigenvalue weighted by Gasteiger charge is 2.23.